The number of hydrogen-bond acceptors (Lipinski definition) is 4. The molecule has 0 saturated heterocycles. The Kier molecular flexibility index (Phi) is 4.54. The van der Waals surface area contributed by atoms with Gasteiger partial charge in [0.2, 0.25) is 5.91 Å². The molecule has 4 nitrogen and oxygen atoms in total. The van der Waals surface area contributed by atoms with E-state index in [-0.39, 0.29) is 5.91 Å². The van der Waals surface area contributed by atoms with Crippen LogP contribution in [0.25, 0.3) is 0 Å². The number of para-hydroxylation sites is 2. The molecule has 0 unspecified atom stereocenters. The molecule has 0 aliphatic heterocycles. The highest BCUT2D eigenvalue weighted by molar-refractivity contribution is 7.09. The molecule has 1 amide bonds. The highest BCUT2D eigenvalue weighted by atomic mass is 32.1. The second-order valence-corrected chi connectivity index (χ2v) is 5.42. The Labute approximate surface area is 116 Å². The Bertz CT molecular complexity index is 539. The average Bonchev–Trinajstić information content (AvgIpc) is 2.84. The summed E-state index contributed by atoms with van der Waals surface area (Å²) in [5.41, 5.74) is 7.03. The summed E-state index contributed by atoms with van der Waals surface area (Å²) in [6.07, 6.45) is 0. The summed E-state index contributed by atoms with van der Waals surface area (Å²) >= 11 is 1.69. The van der Waals surface area contributed by atoms with Crippen LogP contribution >= 0.6 is 11.3 Å². The minimum absolute atomic E-state index is 0.0584. The lowest BCUT2D eigenvalue weighted by Gasteiger charge is -2.15. The first-order valence-corrected chi connectivity index (χ1v) is 6.88. The van der Waals surface area contributed by atoms with Crippen molar-refractivity contribution in [2.24, 2.45) is 0 Å². The van der Waals surface area contributed by atoms with Crippen LogP contribution in [0.15, 0.2) is 41.8 Å². The number of carbonyl (C=O) groups is 1. The highest BCUT2D eigenvalue weighted by Gasteiger charge is 2.09. The maximum atomic E-state index is 11.9. The van der Waals surface area contributed by atoms with E-state index in [2.05, 4.69) is 11.4 Å². The van der Waals surface area contributed by atoms with E-state index < -0.39 is 0 Å². The Hall–Kier alpha value is -1.85. The molecule has 0 fully saturated rings. The third kappa shape index (κ3) is 4.08. The molecule has 1 aromatic heterocycles. The van der Waals surface area contributed by atoms with Gasteiger partial charge < -0.3 is 11.1 Å². The van der Waals surface area contributed by atoms with E-state index in [4.69, 9.17) is 5.73 Å². The van der Waals surface area contributed by atoms with Crippen molar-refractivity contribution in [1.82, 2.24) is 4.90 Å². The van der Waals surface area contributed by atoms with Gasteiger partial charge in [0, 0.05) is 11.4 Å². The molecule has 0 aliphatic rings. The number of nitrogens with zero attached hydrogens (tertiary/aromatic N) is 1. The van der Waals surface area contributed by atoms with E-state index in [9.17, 15) is 4.79 Å². The summed E-state index contributed by atoms with van der Waals surface area (Å²) in [5, 5.41) is 4.85. The molecule has 2 aromatic rings. The van der Waals surface area contributed by atoms with Crippen LogP contribution in [-0.4, -0.2) is 24.4 Å². The minimum atomic E-state index is -0.0584. The maximum absolute atomic E-state index is 11.9. The molecule has 2 rings (SSSR count). The second kappa shape index (κ2) is 6.36. The zero-order valence-electron chi connectivity index (χ0n) is 10.8. The fourth-order valence-corrected chi connectivity index (χ4v) is 2.55. The number of amides is 1. The number of nitrogens with two attached hydrogens (primary N) is 1. The third-order valence-electron chi connectivity index (χ3n) is 2.65. The number of benzene rings is 1. The zero-order chi connectivity index (χ0) is 13.7. The summed E-state index contributed by atoms with van der Waals surface area (Å²) in [6, 6.07) is 11.3. The molecular formula is C14H17N3OS. The maximum Gasteiger partial charge on any atom is 0.238 e. The standard InChI is InChI=1S/C14H17N3OS/c1-17(9-11-5-4-8-19-11)10-14(18)16-13-7-3-2-6-12(13)15/h2-8H,9-10,15H2,1H3,(H,16,18). The van der Waals surface area contributed by atoms with Gasteiger partial charge in [-0.25, -0.2) is 0 Å². The van der Waals surface area contributed by atoms with Gasteiger partial charge in [-0.1, -0.05) is 18.2 Å². The molecule has 0 saturated carbocycles. The van der Waals surface area contributed by atoms with Crippen molar-refractivity contribution >= 4 is 28.6 Å². The van der Waals surface area contributed by atoms with Crippen molar-refractivity contribution < 1.29 is 4.79 Å². The molecule has 1 heterocycles. The van der Waals surface area contributed by atoms with Gasteiger partial charge >= 0.3 is 0 Å². The Balaban J connectivity index is 1.86. The normalized spacial score (nSPS) is 10.6. The molecule has 100 valence electrons. The van der Waals surface area contributed by atoms with Crippen LogP contribution in [0.2, 0.25) is 0 Å². The van der Waals surface area contributed by atoms with Gasteiger partial charge in [0.1, 0.15) is 0 Å². The molecule has 1 aromatic carbocycles. The van der Waals surface area contributed by atoms with Crippen molar-refractivity contribution in [2.75, 3.05) is 24.6 Å². The molecule has 0 atom stereocenters. The Morgan fingerprint density at radius 3 is 2.79 bits per heavy atom. The van der Waals surface area contributed by atoms with Crippen LogP contribution in [0.5, 0.6) is 0 Å². The van der Waals surface area contributed by atoms with Gasteiger partial charge in [-0.2, -0.15) is 0 Å². The highest BCUT2D eigenvalue weighted by Crippen LogP contribution is 2.16. The van der Waals surface area contributed by atoms with Crippen molar-refractivity contribution in [3.63, 3.8) is 0 Å². The number of thiophene rings is 1. The first-order chi connectivity index (χ1) is 9.15. The molecule has 3 N–H and O–H groups in total. The zero-order valence-corrected chi connectivity index (χ0v) is 11.6. The number of hydrogen-bond donors (Lipinski definition) is 2. The smallest absolute Gasteiger partial charge is 0.238 e. The second-order valence-electron chi connectivity index (χ2n) is 4.39. The number of likely N-dealkylation sites (N-methyl/N-ethyl adjacent to an activating group) is 1. The number of nitrogen functional groups attached to an aromatic ring is 1. The van der Waals surface area contributed by atoms with Gasteiger partial charge in [-0.3, -0.25) is 9.69 Å². The molecular weight excluding hydrogens is 258 g/mol. The quantitative estimate of drug-likeness (QED) is 0.824. The Morgan fingerprint density at radius 2 is 2.11 bits per heavy atom. The monoisotopic (exact) mass is 275 g/mol. The predicted octanol–water partition coefficient (Wildman–Crippen LogP) is 2.40. The molecule has 19 heavy (non-hydrogen) atoms. The van der Waals surface area contributed by atoms with Crippen molar-refractivity contribution in [2.45, 2.75) is 6.54 Å². The van der Waals surface area contributed by atoms with Crippen molar-refractivity contribution in [3.8, 4) is 0 Å². The SMILES string of the molecule is CN(CC(=O)Nc1ccccc1N)Cc1cccs1. The van der Waals surface area contributed by atoms with Gasteiger partial charge in [-0.05, 0) is 30.6 Å². The first-order valence-electron chi connectivity index (χ1n) is 6.00. The lowest BCUT2D eigenvalue weighted by molar-refractivity contribution is -0.117. The van der Waals surface area contributed by atoms with E-state index in [0.717, 1.165) is 6.54 Å². The lowest BCUT2D eigenvalue weighted by atomic mass is 10.2. The summed E-state index contributed by atoms with van der Waals surface area (Å²) in [4.78, 5) is 15.1. The predicted molar refractivity (Wildman–Crippen MR) is 80.1 cm³/mol. The van der Waals surface area contributed by atoms with E-state index in [0.29, 0.717) is 17.9 Å². The Morgan fingerprint density at radius 1 is 1.32 bits per heavy atom. The van der Waals surface area contributed by atoms with Crippen LogP contribution in [0.3, 0.4) is 0 Å². The molecule has 5 heteroatoms. The van der Waals surface area contributed by atoms with Gasteiger partial charge in [0.15, 0.2) is 0 Å². The molecule has 0 radical (unpaired) electrons. The first kappa shape index (κ1) is 13.6. The lowest BCUT2D eigenvalue weighted by Crippen LogP contribution is -2.29. The minimum Gasteiger partial charge on any atom is -0.397 e. The summed E-state index contributed by atoms with van der Waals surface area (Å²) in [5.74, 6) is -0.0584. The van der Waals surface area contributed by atoms with Crippen LogP contribution < -0.4 is 11.1 Å². The number of rotatable bonds is 5. The molecule has 0 bridgehead atoms. The summed E-state index contributed by atoms with van der Waals surface area (Å²) in [7, 11) is 1.92. The fourth-order valence-electron chi connectivity index (χ4n) is 1.77. The van der Waals surface area contributed by atoms with Crippen molar-refractivity contribution in [3.05, 3.63) is 46.7 Å². The summed E-state index contributed by atoms with van der Waals surface area (Å²) < 4.78 is 0. The van der Waals surface area contributed by atoms with Gasteiger partial charge in [0.25, 0.3) is 0 Å². The summed E-state index contributed by atoms with van der Waals surface area (Å²) in [6.45, 7) is 1.11. The van der Waals surface area contributed by atoms with Crippen LogP contribution in [0.1, 0.15) is 4.88 Å². The van der Waals surface area contributed by atoms with Gasteiger partial charge in [0.05, 0.1) is 17.9 Å². The molecule has 0 aliphatic carbocycles. The van der Waals surface area contributed by atoms with E-state index in [1.807, 2.05) is 35.5 Å². The van der Waals surface area contributed by atoms with E-state index in [1.54, 1.807) is 23.5 Å². The van der Waals surface area contributed by atoms with Crippen molar-refractivity contribution in [1.29, 1.82) is 0 Å². The van der Waals surface area contributed by atoms with Crippen LogP contribution in [-0.2, 0) is 11.3 Å². The van der Waals surface area contributed by atoms with Crippen LogP contribution in [0.4, 0.5) is 11.4 Å². The number of carbonyl (C=O) groups excluding carboxylic acids is 1. The topological polar surface area (TPSA) is 58.4 Å². The van der Waals surface area contributed by atoms with E-state index >= 15 is 0 Å². The van der Waals surface area contributed by atoms with E-state index in [1.165, 1.54) is 4.88 Å². The average molecular weight is 275 g/mol. The third-order valence-corrected chi connectivity index (χ3v) is 3.52. The van der Waals surface area contributed by atoms with Gasteiger partial charge in [-0.15, -0.1) is 11.3 Å². The largest absolute Gasteiger partial charge is 0.397 e. The molecule has 0 spiro atoms. The number of anilines is 2. The van der Waals surface area contributed by atoms with Crippen LogP contribution in [0, 0.1) is 0 Å². The fraction of sp³-hybridized carbons (Fsp3) is 0.214. The number of nitrogens with one attached hydrogen (secondary N) is 1.